The van der Waals surface area contributed by atoms with E-state index >= 15 is 0 Å². The topological polar surface area (TPSA) is 26.8 Å². The third-order valence-electron chi connectivity index (χ3n) is 3.97. The predicted octanol–water partition coefficient (Wildman–Crippen LogP) is 2.59. The molecule has 0 N–H and O–H groups in total. The van der Waals surface area contributed by atoms with Gasteiger partial charge in [-0.2, -0.15) is 0 Å². The summed E-state index contributed by atoms with van der Waals surface area (Å²) < 4.78 is 0. The maximum Gasteiger partial charge on any atom is 0.227 e. The van der Waals surface area contributed by atoms with Crippen LogP contribution in [0.5, 0.6) is 0 Å². The normalized spacial score (nSPS) is 14.5. The van der Waals surface area contributed by atoms with Gasteiger partial charge in [-0.3, -0.25) is 4.79 Å². The highest BCUT2D eigenvalue weighted by atomic mass is 16.2. The number of carbonyl (C=O) groups excluding carboxylic acids is 1. The number of hydrogen-bond donors (Lipinski definition) is 0. The molecule has 2 rings (SSSR count). The molecule has 4 heteroatoms. The van der Waals surface area contributed by atoms with Gasteiger partial charge in [0.1, 0.15) is 0 Å². The summed E-state index contributed by atoms with van der Waals surface area (Å²) >= 11 is 0. The largest absolute Gasteiger partial charge is 0.367 e. The van der Waals surface area contributed by atoms with E-state index in [0.717, 1.165) is 44.7 Å². The Morgan fingerprint density at radius 3 is 2.57 bits per heavy atom. The van der Waals surface area contributed by atoms with Crippen LogP contribution >= 0.6 is 0 Å². The van der Waals surface area contributed by atoms with Crippen LogP contribution in [0.3, 0.4) is 0 Å². The molecule has 0 fully saturated rings. The fraction of sp³-hybridized carbons (Fsp3) is 0.588. The van der Waals surface area contributed by atoms with Crippen molar-refractivity contribution in [2.45, 2.75) is 26.2 Å². The van der Waals surface area contributed by atoms with Crippen LogP contribution in [0.25, 0.3) is 0 Å². The van der Waals surface area contributed by atoms with E-state index in [2.05, 4.69) is 49.0 Å². The van der Waals surface area contributed by atoms with Crippen LogP contribution in [-0.4, -0.2) is 51.1 Å². The van der Waals surface area contributed by atoms with Gasteiger partial charge in [0, 0.05) is 32.6 Å². The molecule has 0 saturated carbocycles. The number of likely N-dealkylation sites (N-methyl/N-ethyl adjacent to an activating group) is 1. The second-order valence-electron chi connectivity index (χ2n) is 5.93. The van der Waals surface area contributed by atoms with Crippen LogP contribution in [0.4, 0.5) is 11.4 Å². The molecular formula is C17H27N3O. The first kappa shape index (κ1) is 15.8. The molecule has 1 heterocycles. The minimum atomic E-state index is 0.261. The van der Waals surface area contributed by atoms with E-state index in [1.807, 2.05) is 11.0 Å². The van der Waals surface area contributed by atoms with Crippen molar-refractivity contribution in [3.63, 3.8) is 0 Å². The van der Waals surface area contributed by atoms with E-state index in [1.165, 1.54) is 5.69 Å². The summed E-state index contributed by atoms with van der Waals surface area (Å²) in [6.45, 7) is 5.87. The molecular weight excluding hydrogens is 262 g/mol. The minimum absolute atomic E-state index is 0.261. The number of nitrogens with zero attached hydrogens (tertiary/aromatic N) is 3. The molecule has 21 heavy (non-hydrogen) atoms. The van der Waals surface area contributed by atoms with Gasteiger partial charge in [0.05, 0.1) is 11.4 Å². The number of para-hydroxylation sites is 2. The molecule has 4 nitrogen and oxygen atoms in total. The fourth-order valence-corrected chi connectivity index (χ4v) is 2.70. The third kappa shape index (κ3) is 3.97. The average molecular weight is 289 g/mol. The minimum Gasteiger partial charge on any atom is -0.367 e. The molecule has 0 spiro atoms. The van der Waals surface area contributed by atoms with Crippen molar-refractivity contribution in [3.8, 4) is 0 Å². The molecule has 0 saturated heterocycles. The molecule has 0 aliphatic carbocycles. The number of anilines is 2. The molecule has 1 aromatic carbocycles. The lowest BCUT2D eigenvalue weighted by atomic mass is 10.1. The first-order chi connectivity index (χ1) is 10.1. The number of carbonyl (C=O) groups is 1. The smallest absolute Gasteiger partial charge is 0.227 e. The van der Waals surface area contributed by atoms with Crippen LogP contribution < -0.4 is 9.80 Å². The maximum atomic E-state index is 12.4. The van der Waals surface area contributed by atoms with Gasteiger partial charge in [-0.1, -0.05) is 25.5 Å². The van der Waals surface area contributed by atoms with Gasteiger partial charge in [-0.15, -0.1) is 0 Å². The third-order valence-corrected chi connectivity index (χ3v) is 3.97. The maximum absolute atomic E-state index is 12.4. The van der Waals surface area contributed by atoms with Gasteiger partial charge in [0.2, 0.25) is 5.91 Å². The summed E-state index contributed by atoms with van der Waals surface area (Å²) in [5, 5.41) is 0. The van der Waals surface area contributed by atoms with E-state index in [9.17, 15) is 4.79 Å². The van der Waals surface area contributed by atoms with Crippen LogP contribution in [0, 0.1) is 0 Å². The zero-order valence-electron chi connectivity index (χ0n) is 13.5. The highest BCUT2D eigenvalue weighted by Crippen LogP contribution is 2.33. The summed E-state index contributed by atoms with van der Waals surface area (Å²) in [4.78, 5) is 18.9. The van der Waals surface area contributed by atoms with Gasteiger partial charge in [-0.05, 0) is 32.6 Å². The van der Waals surface area contributed by atoms with Gasteiger partial charge >= 0.3 is 0 Å². The van der Waals surface area contributed by atoms with Crippen molar-refractivity contribution >= 4 is 17.3 Å². The van der Waals surface area contributed by atoms with E-state index in [0.29, 0.717) is 6.42 Å². The Labute approximate surface area is 128 Å². The molecule has 0 unspecified atom stereocenters. The zero-order chi connectivity index (χ0) is 15.2. The monoisotopic (exact) mass is 289 g/mol. The zero-order valence-corrected chi connectivity index (χ0v) is 13.5. The summed E-state index contributed by atoms with van der Waals surface area (Å²) in [7, 11) is 4.19. The Balaban J connectivity index is 2.14. The van der Waals surface area contributed by atoms with Gasteiger partial charge in [0.25, 0.3) is 0 Å². The summed E-state index contributed by atoms with van der Waals surface area (Å²) in [5.74, 6) is 0.261. The van der Waals surface area contributed by atoms with Crippen LogP contribution in [0.15, 0.2) is 24.3 Å². The highest BCUT2D eigenvalue weighted by molar-refractivity contribution is 5.97. The first-order valence-corrected chi connectivity index (χ1v) is 7.92. The van der Waals surface area contributed by atoms with Crippen molar-refractivity contribution < 1.29 is 4.79 Å². The highest BCUT2D eigenvalue weighted by Gasteiger charge is 2.25. The summed E-state index contributed by atoms with van der Waals surface area (Å²) in [5.41, 5.74) is 2.26. The lowest BCUT2D eigenvalue weighted by Crippen LogP contribution is -2.45. The quantitative estimate of drug-likeness (QED) is 0.805. The van der Waals surface area contributed by atoms with Gasteiger partial charge < -0.3 is 14.7 Å². The molecule has 0 aromatic heterocycles. The Hall–Kier alpha value is -1.55. The lowest BCUT2D eigenvalue weighted by Gasteiger charge is -2.38. The van der Waals surface area contributed by atoms with Crippen LogP contribution in [-0.2, 0) is 4.79 Å². The Morgan fingerprint density at radius 2 is 1.90 bits per heavy atom. The standard InChI is InChI=1S/C17H27N3O/c1-4-5-10-17(21)20-14-13-19(12-11-18(2)3)15-8-6-7-9-16(15)20/h6-9H,4-5,10-14H2,1-3H3. The van der Waals surface area contributed by atoms with Gasteiger partial charge in [0.15, 0.2) is 0 Å². The van der Waals surface area contributed by atoms with E-state index in [-0.39, 0.29) is 5.91 Å². The van der Waals surface area contributed by atoms with E-state index in [1.54, 1.807) is 0 Å². The van der Waals surface area contributed by atoms with Gasteiger partial charge in [-0.25, -0.2) is 0 Å². The van der Waals surface area contributed by atoms with Crippen molar-refractivity contribution in [1.82, 2.24) is 4.90 Å². The summed E-state index contributed by atoms with van der Waals surface area (Å²) in [6.07, 6.45) is 2.70. The number of rotatable bonds is 6. The molecule has 1 aromatic rings. The van der Waals surface area contributed by atoms with Crippen molar-refractivity contribution in [1.29, 1.82) is 0 Å². The molecule has 1 aliphatic rings. The molecule has 0 radical (unpaired) electrons. The molecule has 1 amide bonds. The van der Waals surface area contributed by atoms with E-state index in [4.69, 9.17) is 0 Å². The van der Waals surface area contributed by atoms with Crippen LogP contribution in [0.1, 0.15) is 26.2 Å². The van der Waals surface area contributed by atoms with Crippen LogP contribution in [0.2, 0.25) is 0 Å². The number of amides is 1. The Kier molecular flexibility index (Phi) is 5.62. The summed E-state index contributed by atoms with van der Waals surface area (Å²) in [6, 6.07) is 8.28. The average Bonchev–Trinajstić information content (AvgIpc) is 2.50. The second kappa shape index (κ2) is 7.46. The molecule has 1 aliphatic heterocycles. The molecule has 0 bridgehead atoms. The van der Waals surface area contributed by atoms with E-state index < -0.39 is 0 Å². The number of benzene rings is 1. The van der Waals surface area contributed by atoms with Crippen molar-refractivity contribution in [3.05, 3.63) is 24.3 Å². The molecule has 0 atom stereocenters. The SMILES string of the molecule is CCCCC(=O)N1CCN(CCN(C)C)c2ccccc21. The fourth-order valence-electron chi connectivity index (χ4n) is 2.70. The number of fused-ring (bicyclic) bond motifs is 1. The Bertz CT molecular complexity index is 473. The predicted molar refractivity (Wildman–Crippen MR) is 89.1 cm³/mol. The van der Waals surface area contributed by atoms with Crippen molar-refractivity contribution in [2.24, 2.45) is 0 Å². The second-order valence-corrected chi connectivity index (χ2v) is 5.93. The number of unbranched alkanes of at least 4 members (excludes halogenated alkanes) is 1. The first-order valence-electron chi connectivity index (χ1n) is 7.92. The van der Waals surface area contributed by atoms with Crippen molar-refractivity contribution in [2.75, 3.05) is 50.1 Å². The Morgan fingerprint density at radius 1 is 1.19 bits per heavy atom. The lowest BCUT2D eigenvalue weighted by molar-refractivity contribution is -0.118. The number of hydrogen-bond acceptors (Lipinski definition) is 3. The molecule has 116 valence electrons.